The van der Waals surface area contributed by atoms with Crippen molar-refractivity contribution >= 4 is 5.57 Å². The van der Waals surface area contributed by atoms with Crippen molar-refractivity contribution in [2.45, 2.75) is 64.9 Å². The van der Waals surface area contributed by atoms with Crippen LogP contribution in [-0.4, -0.2) is 22.7 Å². The van der Waals surface area contributed by atoms with E-state index in [1.807, 2.05) is 12.4 Å². The lowest BCUT2D eigenvalue weighted by Gasteiger charge is -2.59. The molecule has 25 heavy (non-hydrogen) atoms. The van der Waals surface area contributed by atoms with Crippen molar-refractivity contribution in [3.8, 4) is 0 Å². The van der Waals surface area contributed by atoms with Crippen LogP contribution in [0, 0.1) is 28.6 Å². The van der Waals surface area contributed by atoms with Crippen molar-refractivity contribution in [3.63, 3.8) is 0 Å². The summed E-state index contributed by atoms with van der Waals surface area (Å²) in [6.07, 6.45) is 17.7. The van der Waals surface area contributed by atoms with Gasteiger partial charge < -0.3 is 4.74 Å². The molecule has 2 heterocycles. The topological polar surface area (TPSA) is 35.0 Å². The maximum atomic E-state index is 6.23. The molecule has 3 aliphatic carbocycles. The molecule has 3 heteroatoms. The zero-order chi connectivity index (χ0) is 17.1. The van der Waals surface area contributed by atoms with Gasteiger partial charge in [-0.05, 0) is 79.1 Å². The lowest BCUT2D eigenvalue weighted by molar-refractivity contribution is -0.168. The van der Waals surface area contributed by atoms with Crippen LogP contribution in [0.2, 0.25) is 0 Å². The Morgan fingerprint density at radius 2 is 2.00 bits per heavy atom. The van der Waals surface area contributed by atoms with Gasteiger partial charge in [0.25, 0.3) is 0 Å². The Kier molecular flexibility index (Phi) is 3.61. The lowest BCUT2D eigenvalue weighted by Crippen LogP contribution is -2.55. The van der Waals surface area contributed by atoms with Crippen LogP contribution in [-0.2, 0) is 4.74 Å². The second kappa shape index (κ2) is 5.64. The summed E-state index contributed by atoms with van der Waals surface area (Å²) in [7, 11) is 0. The number of hydrogen-bond donors (Lipinski definition) is 0. The third kappa shape index (κ3) is 2.21. The van der Waals surface area contributed by atoms with Crippen molar-refractivity contribution in [1.82, 2.24) is 9.97 Å². The van der Waals surface area contributed by atoms with Gasteiger partial charge in [0, 0.05) is 19.0 Å². The van der Waals surface area contributed by atoms with Gasteiger partial charge in [0.15, 0.2) is 0 Å². The molecule has 0 amide bonds. The maximum absolute atomic E-state index is 6.23. The van der Waals surface area contributed by atoms with Crippen molar-refractivity contribution in [1.29, 1.82) is 0 Å². The van der Waals surface area contributed by atoms with E-state index < -0.39 is 0 Å². The minimum atomic E-state index is 0.288. The second-order valence-electron chi connectivity index (χ2n) is 9.32. The summed E-state index contributed by atoms with van der Waals surface area (Å²) >= 11 is 0. The zero-order valence-electron chi connectivity index (χ0n) is 15.6. The third-order valence-electron chi connectivity index (χ3n) is 8.38. The molecule has 3 nitrogen and oxygen atoms in total. The molecule has 1 aromatic rings. The third-order valence-corrected chi connectivity index (χ3v) is 8.38. The van der Waals surface area contributed by atoms with E-state index in [2.05, 4.69) is 29.9 Å². The molecular formula is C22H30N2O. The maximum Gasteiger partial charge on any atom is 0.0847 e. The zero-order valence-corrected chi connectivity index (χ0v) is 15.6. The van der Waals surface area contributed by atoms with Crippen LogP contribution in [0.4, 0.5) is 0 Å². The molecule has 6 atom stereocenters. The number of rotatable bonds is 1. The average molecular weight is 338 g/mol. The number of nitrogens with zero attached hydrogens (tertiary/aromatic N) is 2. The Balaban J connectivity index is 1.46. The van der Waals surface area contributed by atoms with Crippen LogP contribution in [0.3, 0.4) is 0 Å². The molecule has 4 aliphatic rings. The van der Waals surface area contributed by atoms with Gasteiger partial charge in [0.2, 0.25) is 0 Å². The van der Waals surface area contributed by atoms with E-state index in [-0.39, 0.29) is 5.41 Å². The number of ether oxygens (including phenoxy) is 1. The molecule has 2 saturated carbocycles. The van der Waals surface area contributed by atoms with Gasteiger partial charge >= 0.3 is 0 Å². The Labute approximate surface area is 151 Å². The summed E-state index contributed by atoms with van der Waals surface area (Å²) < 4.78 is 6.23. The molecular weight excluding hydrogens is 308 g/mol. The fourth-order valence-corrected chi connectivity index (χ4v) is 7.12. The Bertz CT molecular complexity index is 687. The van der Waals surface area contributed by atoms with E-state index in [0.29, 0.717) is 11.5 Å². The van der Waals surface area contributed by atoms with E-state index in [4.69, 9.17) is 4.74 Å². The van der Waals surface area contributed by atoms with E-state index in [0.717, 1.165) is 30.1 Å². The number of allylic oxidation sites excluding steroid dienone is 2. The van der Waals surface area contributed by atoms with E-state index >= 15 is 0 Å². The highest BCUT2D eigenvalue weighted by atomic mass is 16.5. The Morgan fingerprint density at radius 1 is 1.08 bits per heavy atom. The smallest absolute Gasteiger partial charge is 0.0847 e. The summed E-state index contributed by atoms with van der Waals surface area (Å²) in [4.78, 5) is 8.95. The van der Waals surface area contributed by atoms with Gasteiger partial charge in [0.1, 0.15) is 0 Å². The van der Waals surface area contributed by atoms with Crippen molar-refractivity contribution in [2.24, 2.45) is 28.6 Å². The molecule has 1 saturated heterocycles. The SMILES string of the molecule is CC12CCC3C(CCC4OCCCC43C)C1CC=C2c1cnccn1. The van der Waals surface area contributed by atoms with Gasteiger partial charge in [-0.25, -0.2) is 0 Å². The predicted molar refractivity (Wildman–Crippen MR) is 98.8 cm³/mol. The Hall–Kier alpha value is -1.22. The van der Waals surface area contributed by atoms with Crippen LogP contribution in [0.1, 0.15) is 64.5 Å². The predicted octanol–water partition coefficient (Wildman–Crippen LogP) is 4.89. The normalized spacial score (nSPS) is 45.9. The first-order valence-corrected chi connectivity index (χ1v) is 10.2. The first kappa shape index (κ1) is 16.0. The van der Waals surface area contributed by atoms with Gasteiger partial charge in [-0.15, -0.1) is 0 Å². The standard InChI is InChI=1S/C22H30N2O/c1-21-10-8-17-15(4-7-20-22(17,2)9-3-13-25-20)16(21)5-6-18(21)19-14-23-11-12-24-19/h6,11-12,14-17,20H,3-5,7-10,13H2,1-2H3. The molecule has 6 unspecified atom stereocenters. The molecule has 0 aromatic carbocycles. The number of aromatic nitrogens is 2. The average Bonchev–Trinajstić information content (AvgIpc) is 2.99. The molecule has 0 N–H and O–H groups in total. The molecule has 3 fully saturated rings. The fraction of sp³-hybridized carbons (Fsp3) is 0.727. The van der Waals surface area contributed by atoms with E-state index in [9.17, 15) is 0 Å². The first-order chi connectivity index (χ1) is 12.1. The van der Waals surface area contributed by atoms with E-state index in [1.54, 1.807) is 6.20 Å². The minimum absolute atomic E-state index is 0.288. The summed E-state index contributed by atoms with van der Waals surface area (Å²) in [6, 6.07) is 0. The molecule has 1 aliphatic heterocycles. The summed E-state index contributed by atoms with van der Waals surface area (Å²) in [5.41, 5.74) is 3.27. The largest absolute Gasteiger partial charge is 0.378 e. The van der Waals surface area contributed by atoms with Crippen LogP contribution < -0.4 is 0 Å². The van der Waals surface area contributed by atoms with Gasteiger partial charge in [-0.3, -0.25) is 9.97 Å². The van der Waals surface area contributed by atoms with Gasteiger partial charge in [-0.2, -0.15) is 0 Å². The molecule has 0 bridgehead atoms. The summed E-state index contributed by atoms with van der Waals surface area (Å²) in [5.74, 6) is 2.48. The minimum Gasteiger partial charge on any atom is -0.378 e. The first-order valence-electron chi connectivity index (χ1n) is 10.2. The van der Waals surface area contributed by atoms with Gasteiger partial charge in [-0.1, -0.05) is 19.9 Å². The quantitative estimate of drug-likeness (QED) is 0.731. The highest BCUT2D eigenvalue weighted by Crippen LogP contribution is 2.65. The molecule has 5 rings (SSSR count). The monoisotopic (exact) mass is 338 g/mol. The fourth-order valence-electron chi connectivity index (χ4n) is 7.12. The molecule has 134 valence electrons. The number of fused-ring (bicyclic) bond motifs is 5. The van der Waals surface area contributed by atoms with Crippen LogP contribution in [0.15, 0.2) is 24.7 Å². The second-order valence-corrected chi connectivity index (χ2v) is 9.32. The van der Waals surface area contributed by atoms with Crippen molar-refractivity contribution in [2.75, 3.05) is 6.61 Å². The number of hydrogen-bond acceptors (Lipinski definition) is 3. The molecule has 0 radical (unpaired) electrons. The van der Waals surface area contributed by atoms with Crippen LogP contribution >= 0.6 is 0 Å². The Morgan fingerprint density at radius 3 is 2.84 bits per heavy atom. The summed E-state index contributed by atoms with van der Waals surface area (Å²) in [6.45, 7) is 6.03. The van der Waals surface area contributed by atoms with Crippen molar-refractivity contribution in [3.05, 3.63) is 30.4 Å². The van der Waals surface area contributed by atoms with E-state index in [1.165, 1.54) is 50.5 Å². The highest BCUT2D eigenvalue weighted by molar-refractivity contribution is 5.70. The molecule has 0 spiro atoms. The summed E-state index contributed by atoms with van der Waals surface area (Å²) in [5, 5.41) is 0. The van der Waals surface area contributed by atoms with Crippen molar-refractivity contribution < 1.29 is 4.74 Å². The van der Waals surface area contributed by atoms with Crippen LogP contribution in [0.25, 0.3) is 5.57 Å². The lowest BCUT2D eigenvalue weighted by atomic mass is 9.47. The van der Waals surface area contributed by atoms with Crippen LogP contribution in [0.5, 0.6) is 0 Å². The highest BCUT2D eigenvalue weighted by Gasteiger charge is 2.58. The molecule has 1 aromatic heterocycles. The van der Waals surface area contributed by atoms with Gasteiger partial charge in [0.05, 0.1) is 18.0 Å².